The summed E-state index contributed by atoms with van der Waals surface area (Å²) in [6.07, 6.45) is 2.18. The largest absolute Gasteiger partial charge is 0.379 e. The molecule has 0 aromatic heterocycles. The predicted octanol–water partition coefficient (Wildman–Crippen LogP) is 3.15. The molecule has 2 N–H and O–H groups in total. The molecule has 0 saturated carbocycles. The van der Waals surface area contributed by atoms with Gasteiger partial charge in [-0.3, -0.25) is 9.89 Å². The Hall–Kier alpha value is -0.860. The summed E-state index contributed by atoms with van der Waals surface area (Å²) in [5.41, 5.74) is 1.39. The molecule has 1 aliphatic heterocycles. The smallest absolute Gasteiger partial charge is 0.191 e. The normalized spacial score (nSPS) is 17.7. The lowest BCUT2D eigenvalue weighted by molar-refractivity contribution is 0.0323. The number of hydrogen-bond donors (Lipinski definition) is 2. The van der Waals surface area contributed by atoms with Gasteiger partial charge in [-0.2, -0.15) is 0 Å². The Morgan fingerprint density at radius 3 is 2.56 bits per heavy atom. The third kappa shape index (κ3) is 10.3. The van der Waals surface area contributed by atoms with Crippen molar-refractivity contribution >= 4 is 29.9 Å². The van der Waals surface area contributed by atoms with Crippen molar-refractivity contribution in [1.82, 2.24) is 15.5 Å². The van der Waals surface area contributed by atoms with Gasteiger partial charge in [0.05, 0.1) is 13.2 Å². The van der Waals surface area contributed by atoms with Gasteiger partial charge >= 0.3 is 0 Å². The van der Waals surface area contributed by atoms with Crippen molar-refractivity contribution in [2.75, 3.05) is 45.9 Å². The zero-order valence-corrected chi connectivity index (χ0v) is 19.4. The first-order valence-electron chi connectivity index (χ1n) is 10.1. The van der Waals surface area contributed by atoms with Crippen molar-refractivity contribution in [3.05, 3.63) is 35.9 Å². The van der Waals surface area contributed by atoms with Gasteiger partial charge in [0, 0.05) is 38.8 Å². The second-order valence-corrected chi connectivity index (χ2v) is 7.31. The van der Waals surface area contributed by atoms with Gasteiger partial charge in [0.25, 0.3) is 0 Å². The molecule has 2 atom stereocenters. The quantitative estimate of drug-likeness (QED) is 0.319. The van der Waals surface area contributed by atoms with E-state index in [9.17, 15) is 0 Å². The van der Waals surface area contributed by atoms with E-state index in [0.717, 1.165) is 64.7 Å². The molecule has 1 heterocycles. The summed E-state index contributed by atoms with van der Waals surface area (Å²) in [6, 6.07) is 11.1. The monoisotopic (exact) mass is 488 g/mol. The SMILES string of the molecule is CCNC(=NCC(C)CN1CCOCC1)NC(C)CCc1ccccc1.I. The van der Waals surface area contributed by atoms with Crippen molar-refractivity contribution in [3.8, 4) is 0 Å². The maximum atomic E-state index is 5.42. The van der Waals surface area contributed by atoms with Crippen LogP contribution >= 0.6 is 24.0 Å². The third-order valence-electron chi connectivity index (χ3n) is 4.67. The Morgan fingerprint density at radius 1 is 1.19 bits per heavy atom. The third-order valence-corrected chi connectivity index (χ3v) is 4.67. The highest BCUT2D eigenvalue weighted by molar-refractivity contribution is 14.0. The lowest BCUT2D eigenvalue weighted by Crippen LogP contribution is -2.43. The summed E-state index contributed by atoms with van der Waals surface area (Å²) in [7, 11) is 0. The summed E-state index contributed by atoms with van der Waals surface area (Å²) in [6.45, 7) is 13.3. The van der Waals surface area contributed by atoms with E-state index in [1.54, 1.807) is 0 Å². The molecule has 0 radical (unpaired) electrons. The zero-order chi connectivity index (χ0) is 18.6. The van der Waals surface area contributed by atoms with Gasteiger partial charge in [-0.1, -0.05) is 37.3 Å². The topological polar surface area (TPSA) is 48.9 Å². The molecule has 5 nitrogen and oxygen atoms in total. The molecular formula is C21H37IN4O. The summed E-state index contributed by atoms with van der Waals surface area (Å²) < 4.78 is 5.42. The molecule has 1 aliphatic rings. The molecule has 1 fully saturated rings. The molecule has 1 aromatic carbocycles. The maximum absolute atomic E-state index is 5.42. The molecule has 0 bridgehead atoms. The number of ether oxygens (including phenoxy) is 1. The van der Waals surface area contributed by atoms with Crippen LogP contribution in [0, 0.1) is 5.92 Å². The lowest BCUT2D eigenvalue weighted by Gasteiger charge is -2.28. The molecule has 27 heavy (non-hydrogen) atoms. The van der Waals surface area contributed by atoms with Gasteiger partial charge in [-0.15, -0.1) is 24.0 Å². The minimum absolute atomic E-state index is 0. The number of aliphatic imine (C=N–C) groups is 1. The summed E-state index contributed by atoms with van der Waals surface area (Å²) in [5.74, 6) is 1.48. The van der Waals surface area contributed by atoms with E-state index in [1.807, 2.05) is 0 Å². The average molecular weight is 488 g/mol. The van der Waals surface area contributed by atoms with E-state index in [4.69, 9.17) is 9.73 Å². The number of nitrogens with one attached hydrogen (secondary N) is 2. The Labute approximate surface area is 182 Å². The number of halogens is 1. The maximum Gasteiger partial charge on any atom is 0.191 e. The number of aryl methyl sites for hydroxylation is 1. The molecule has 1 aromatic rings. The van der Waals surface area contributed by atoms with Crippen LogP contribution in [0.4, 0.5) is 0 Å². The standard InChI is InChI=1S/C21H36N4O.HI/c1-4-22-21(23-16-18(2)17-25-12-14-26-15-13-25)24-19(3)10-11-20-8-6-5-7-9-20;/h5-9,18-19H,4,10-17H2,1-3H3,(H2,22,23,24);1H. The van der Waals surface area contributed by atoms with Crippen LogP contribution in [0.1, 0.15) is 32.8 Å². The first-order valence-corrected chi connectivity index (χ1v) is 10.1. The molecule has 0 amide bonds. The molecule has 2 unspecified atom stereocenters. The van der Waals surface area contributed by atoms with Crippen molar-refractivity contribution in [2.24, 2.45) is 10.9 Å². The number of morpholine rings is 1. The first kappa shape index (κ1) is 24.2. The number of nitrogens with zero attached hydrogens (tertiary/aromatic N) is 2. The van der Waals surface area contributed by atoms with E-state index in [1.165, 1.54) is 5.56 Å². The zero-order valence-electron chi connectivity index (χ0n) is 17.1. The van der Waals surface area contributed by atoms with Crippen LogP contribution in [0.15, 0.2) is 35.3 Å². The Morgan fingerprint density at radius 2 is 1.89 bits per heavy atom. The summed E-state index contributed by atoms with van der Waals surface area (Å²) >= 11 is 0. The minimum atomic E-state index is 0. The second-order valence-electron chi connectivity index (χ2n) is 7.31. The van der Waals surface area contributed by atoms with Gasteiger partial charge in [-0.25, -0.2) is 0 Å². The van der Waals surface area contributed by atoms with Crippen molar-refractivity contribution in [2.45, 2.75) is 39.7 Å². The van der Waals surface area contributed by atoms with Crippen molar-refractivity contribution < 1.29 is 4.74 Å². The van der Waals surface area contributed by atoms with Crippen LogP contribution in [-0.4, -0.2) is 62.8 Å². The van der Waals surface area contributed by atoms with Crippen LogP contribution in [0.25, 0.3) is 0 Å². The van der Waals surface area contributed by atoms with Crippen molar-refractivity contribution in [3.63, 3.8) is 0 Å². The highest BCUT2D eigenvalue weighted by Crippen LogP contribution is 2.06. The van der Waals surface area contributed by atoms with E-state index < -0.39 is 0 Å². The second kappa shape index (κ2) is 14.2. The Bertz CT molecular complexity index is 520. The van der Waals surface area contributed by atoms with E-state index >= 15 is 0 Å². The van der Waals surface area contributed by atoms with Gasteiger partial charge in [0.1, 0.15) is 0 Å². The van der Waals surface area contributed by atoms with Crippen LogP contribution in [-0.2, 0) is 11.2 Å². The van der Waals surface area contributed by atoms with Crippen LogP contribution in [0.2, 0.25) is 0 Å². The van der Waals surface area contributed by atoms with Crippen LogP contribution < -0.4 is 10.6 Å². The number of benzene rings is 1. The first-order chi connectivity index (χ1) is 12.7. The molecule has 0 aliphatic carbocycles. The Kier molecular flexibility index (Phi) is 12.7. The molecule has 6 heteroatoms. The van der Waals surface area contributed by atoms with Gasteiger partial charge in [-0.05, 0) is 38.2 Å². The summed E-state index contributed by atoms with van der Waals surface area (Å²) in [4.78, 5) is 7.29. The highest BCUT2D eigenvalue weighted by Gasteiger charge is 2.14. The predicted molar refractivity (Wildman–Crippen MR) is 125 cm³/mol. The highest BCUT2D eigenvalue weighted by atomic mass is 127. The molecule has 154 valence electrons. The van der Waals surface area contributed by atoms with Crippen LogP contribution in [0.5, 0.6) is 0 Å². The van der Waals surface area contributed by atoms with E-state index in [2.05, 4.69) is 66.6 Å². The number of rotatable bonds is 9. The lowest BCUT2D eigenvalue weighted by atomic mass is 10.1. The average Bonchev–Trinajstić information content (AvgIpc) is 2.66. The fourth-order valence-electron chi connectivity index (χ4n) is 3.18. The van der Waals surface area contributed by atoms with Gasteiger partial charge in [0.2, 0.25) is 0 Å². The fourth-order valence-corrected chi connectivity index (χ4v) is 3.18. The molecular weight excluding hydrogens is 451 g/mol. The number of hydrogen-bond acceptors (Lipinski definition) is 3. The van der Waals surface area contributed by atoms with E-state index in [-0.39, 0.29) is 24.0 Å². The fraction of sp³-hybridized carbons (Fsp3) is 0.667. The van der Waals surface area contributed by atoms with Crippen LogP contribution in [0.3, 0.4) is 0 Å². The summed E-state index contributed by atoms with van der Waals surface area (Å²) in [5, 5.41) is 6.93. The Balaban J connectivity index is 0.00000364. The van der Waals surface area contributed by atoms with Gasteiger partial charge < -0.3 is 15.4 Å². The minimum Gasteiger partial charge on any atom is -0.379 e. The number of guanidine groups is 1. The van der Waals surface area contributed by atoms with Gasteiger partial charge in [0.15, 0.2) is 5.96 Å². The molecule has 1 saturated heterocycles. The molecule has 0 spiro atoms. The molecule has 2 rings (SSSR count). The van der Waals surface area contributed by atoms with E-state index in [0.29, 0.717) is 12.0 Å². The van der Waals surface area contributed by atoms with Crippen molar-refractivity contribution in [1.29, 1.82) is 0 Å².